The molecule has 11 heteroatoms. The van der Waals surface area contributed by atoms with E-state index in [1.807, 2.05) is 6.92 Å². The number of carbonyl (C=O) groups is 3. The Morgan fingerprint density at radius 2 is 1.94 bits per heavy atom. The normalized spacial score (nSPS) is 16.2. The van der Waals surface area contributed by atoms with Crippen LogP contribution in [0.3, 0.4) is 0 Å². The Labute approximate surface area is 214 Å². The number of benzene rings is 1. The van der Waals surface area contributed by atoms with Crippen molar-refractivity contribution in [3.63, 3.8) is 0 Å². The Bertz CT molecular complexity index is 1300. The number of nitrogen functional groups attached to an aromatic ring is 1. The number of hydrogen-bond donors (Lipinski definition) is 3. The molecule has 1 aliphatic rings. The maximum atomic E-state index is 15.1. The van der Waals surface area contributed by atoms with Crippen LogP contribution in [0, 0.1) is 5.82 Å². The quantitative estimate of drug-likeness (QED) is 0.205. The van der Waals surface area contributed by atoms with Crippen molar-refractivity contribution in [3.8, 4) is 5.75 Å². The summed E-state index contributed by atoms with van der Waals surface area (Å²) in [4.78, 5) is 46.0. The van der Waals surface area contributed by atoms with Crippen molar-refractivity contribution in [1.29, 1.82) is 0 Å². The molecule has 4 N–H and O–H groups in total. The molecule has 0 bridgehead atoms. The van der Waals surface area contributed by atoms with Gasteiger partial charge in [0.2, 0.25) is 0 Å². The van der Waals surface area contributed by atoms with Gasteiger partial charge in [0.25, 0.3) is 0 Å². The van der Waals surface area contributed by atoms with E-state index in [1.165, 1.54) is 30.5 Å². The molecular formula is C25H23BrFN5O4. The molecule has 2 aromatic heterocycles. The van der Waals surface area contributed by atoms with Crippen LogP contribution < -0.4 is 21.1 Å². The van der Waals surface area contributed by atoms with Crippen molar-refractivity contribution >= 4 is 45.3 Å². The predicted molar refractivity (Wildman–Crippen MR) is 134 cm³/mol. The Kier molecular flexibility index (Phi) is 7.58. The van der Waals surface area contributed by atoms with E-state index in [2.05, 4.69) is 36.5 Å². The first-order valence-corrected chi connectivity index (χ1v) is 12.0. The topological polar surface area (TPSA) is 136 Å². The number of Topliss-reactive ketones (excluding diaryl/α,β-unsaturated/α-hetero) is 1. The van der Waals surface area contributed by atoms with Crippen LogP contribution in [-0.2, 0) is 0 Å². The Balaban J connectivity index is 1.57. The first-order chi connectivity index (χ1) is 17.3. The van der Waals surface area contributed by atoms with Crippen molar-refractivity contribution in [2.45, 2.75) is 38.1 Å². The molecule has 9 nitrogen and oxygen atoms in total. The summed E-state index contributed by atoms with van der Waals surface area (Å²) in [6, 6.07) is 7.78. The summed E-state index contributed by atoms with van der Waals surface area (Å²) in [7, 11) is 0. The highest BCUT2D eigenvalue weighted by molar-refractivity contribution is 9.10. The van der Waals surface area contributed by atoms with Gasteiger partial charge in [-0.25, -0.2) is 23.9 Å². The molecule has 1 saturated carbocycles. The van der Waals surface area contributed by atoms with Crippen LogP contribution in [0.5, 0.6) is 5.75 Å². The molecule has 36 heavy (non-hydrogen) atoms. The molecular weight excluding hydrogens is 533 g/mol. The highest BCUT2D eigenvalue weighted by Gasteiger charge is 2.44. The third-order valence-corrected chi connectivity index (χ3v) is 6.05. The predicted octanol–water partition coefficient (Wildman–Crippen LogP) is 4.84. The maximum absolute atomic E-state index is 15.1. The fraction of sp³-hybridized carbons (Fsp3) is 0.240. The number of ketones is 1. The second kappa shape index (κ2) is 10.8. The maximum Gasteiger partial charge on any atom is 0.345 e. The molecule has 2 unspecified atom stereocenters. The smallest absolute Gasteiger partial charge is 0.345 e. The minimum atomic E-state index is -0.802. The molecule has 4 rings (SSSR count). The number of carbonyl (C=O) groups excluding carboxylic acids is 3. The van der Waals surface area contributed by atoms with Gasteiger partial charge < -0.3 is 15.8 Å². The molecule has 2 amide bonds. The summed E-state index contributed by atoms with van der Waals surface area (Å²) < 4.78 is 21.5. The summed E-state index contributed by atoms with van der Waals surface area (Å²) in [5, 5.41) is 5.38. The Morgan fingerprint density at radius 1 is 1.14 bits per heavy atom. The molecule has 1 aromatic carbocycles. The van der Waals surface area contributed by atoms with Gasteiger partial charge in [0.15, 0.2) is 5.78 Å². The minimum Gasteiger partial charge on any atom is -0.422 e. The summed E-state index contributed by atoms with van der Waals surface area (Å²) in [5.41, 5.74) is 5.85. The highest BCUT2D eigenvalue weighted by Crippen LogP contribution is 2.47. The lowest BCUT2D eigenvalue weighted by molar-refractivity contribution is 0.0729. The van der Waals surface area contributed by atoms with Gasteiger partial charge >= 0.3 is 12.0 Å². The van der Waals surface area contributed by atoms with E-state index in [9.17, 15) is 14.4 Å². The van der Waals surface area contributed by atoms with Gasteiger partial charge in [-0.1, -0.05) is 6.92 Å². The number of hydrogen-bond acceptors (Lipinski definition) is 7. The number of aromatic nitrogens is 2. The second-order valence-electron chi connectivity index (χ2n) is 8.28. The third kappa shape index (κ3) is 5.85. The van der Waals surface area contributed by atoms with Gasteiger partial charge in [0, 0.05) is 40.8 Å². The van der Waals surface area contributed by atoms with Crippen molar-refractivity contribution in [3.05, 3.63) is 75.8 Å². The lowest BCUT2D eigenvalue weighted by atomic mass is 9.99. The number of amides is 2. The van der Waals surface area contributed by atoms with E-state index in [0.717, 1.165) is 4.47 Å². The summed E-state index contributed by atoms with van der Waals surface area (Å²) in [5.74, 6) is -1.77. The highest BCUT2D eigenvalue weighted by atomic mass is 79.9. The van der Waals surface area contributed by atoms with E-state index >= 15 is 4.39 Å². The SMILES string of the molecule is CCCC(=O)c1ccc(F)c(C2CC2NC(=O)Nc2ccc(Br)cn2)c1OC(=O)c1ccc(N)nc1. The van der Waals surface area contributed by atoms with Crippen molar-refractivity contribution in [1.82, 2.24) is 15.3 Å². The fourth-order valence-corrected chi connectivity index (χ4v) is 3.97. The van der Waals surface area contributed by atoms with E-state index in [0.29, 0.717) is 18.7 Å². The molecule has 186 valence electrons. The average Bonchev–Trinajstić information content (AvgIpc) is 3.59. The number of rotatable bonds is 8. The molecule has 3 aromatic rings. The first-order valence-electron chi connectivity index (χ1n) is 11.2. The van der Waals surface area contributed by atoms with Gasteiger partial charge in [-0.15, -0.1) is 0 Å². The molecule has 2 atom stereocenters. The van der Waals surface area contributed by atoms with Gasteiger partial charge in [-0.2, -0.15) is 0 Å². The van der Waals surface area contributed by atoms with Crippen LogP contribution in [0.25, 0.3) is 0 Å². The monoisotopic (exact) mass is 555 g/mol. The molecule has 0 spiro atoms. The number of halogens is 2. The molecule has 1 fully saturated rings. The van der Waals surface area contributed by atoms with E-state index in [-0.39, 0.29) is 40.5 Å². The average molecular weight is 556 g/mol. The van der Waals surface area contributed by atoms with Crippen molar-refractivity contribution in [2.24, 2.45) is 0 Å². The Hall–Kier alpha value is -3.86. The van der Waals surface area contributed by atoms with Crippen LogP contribution in [0.15, 0.2) is 53.3 Å². The number of anilines is 2. The van der Waals surface area contributed by atoms with E-state index in [4.69, 9.17) is 10.5 Å². The molecule has 0 saturated heterocycles. The minimum absolute atomic E-state index is 0.0702. The number of nitrogens with one attached hydrogen (secondary N) is 2. The van der Waals surface area contributed by atoms with Gasteiger partial charge in [-0.3, -0.25) is 10.1 Å². The summed E-state index contributed by atoms with van der Waals surface area (Å²) in [6.07, 6.45) is 3.96. The van der Waals surface area contributed by atoms with Crippen LogP contribution in [-0.4, -0.2) is 33.8 Å². The van der Waals surface area contributed by atoms with E-state index < -0.39 is 29.8 Å². The number of nitrogens with zero attached hydrogens (tertiary/aromatic N) is 2. The lowest BCUT2D eigenvalue weighted by Gasteiger charge is -2.16. The summed E-state index contributed by atoms with van der Waals surface area (Å²) in [6.45, 7) is 1.84. The molecule has 1 aliphatic carbocycles. The standard InChI is InChI=1S/C25H23BrFN5O4/c1-2-3-19(33)15-6-7-17(27)22(23(15)36-24(34)13-4-8-20(28)29-11-13)16-10-18(16)31-25(35)32-21-9-5-14(26)12-30-21/h4-9,11-12,16,18H,2-3,10H2,1H3,(H2,28,29)(H2,30,31,32,35). The number of ether oxygens (including phenoxy) is 1. The van der Waals surface area contributed by atoms with Crippen molar-refractivity contribution in [2.75, 3.05) is 11.1 Å². The molecule has 0 radical (unpaired) electrons. The van der Waals surface area contributed by atoms with Crippen LogP contribution in [0.2, 0.25) is 0 Å². The molecule has 2 heterocycles. The van der Waals surface area contributed by atoms with Gasteiger partial charge in [-0.05, 0) is 65.2 Å². The fourth-order valence-electron chi connectivity index (χ4n) is 3.73. The van der Waals surface area contributed by atoms with Crippen LogP contribution in [0.4, 0.5) is 20.8 Å². The van der Waals surface area contributed by atoms with Crippen LogP contribution >= 0.6 is 15.9 Å². The van der Waals surface area contributed by atoms with Crippen molar-refractivity contribution < 1.29 is 23.5 Å². The largest absolute Gasteiger partial charge is 0.422 e. The zero-order valence-electron chi connectivity index (χ0n) is 19.3. The van der Waals surface area contributed by atoms with Crippen LogP contribution in [0.1, 0.15) is 58.4 Å². The zero-order valence-corrected chi connectivity index (χ0v) is 20.8. The first kappa shape index (κ1) is 25.2. The second-order valence-corrected chi connectivity index (χ2v) is 9.20. The summed E-state index contributed by atoms with van der Waals surface area (Å²) >= 11 is 3.27. The zero-order chi connectivity index (χ0) is 25.8. The van der Waals surface area contributed by atoms with Gasteiger partial charge in [0.05, 0.1) is 11.1 Å². The van der Waals surface area contributed by atoms with E-state index in [1.54, 1.807) is 18.3 Å². The number of esters is 1. The number of urea groups is 1. The molecule has 0 aliphatic heterocycles. The number of pyridine rings is 2. The third-order valence-electron chi connectivity index (χ3n) is 5.58. The van der Waals surface area contributed by atoms with Gasteiger partial charge in [0.1, 0.15) is 23.2 Å². The Morgan fingerprint density at radius 3 is 2.61 bits per heavy atom. The lowest BCUT2D eigenvalue weighted by Crippen LogP contribution is -2.31. The number of nitrogens with two attached hydrogens (primary N) is 1.